The Balaban J connectivity index is 2.64. The van der Waals surface area contributed by atoms with Gasteiger partial charge in [0.05, 0.1) is 13.0 Å². The molecule has 0 unspecified atom stereocenters. The average Bonchev–Trinajstić information content (AvgIpc) is 2.19. The van der Waals surface area contributed by atoms with Crippen LogP contribution in [0.3, 0.4) is 0 Å². The molecule has 0 atom stereocenters. The van der Waals surface area contributed by atoms with Crippen molar-refractivity contribution < 1.29 is 9.90 Å². The van der Waals surface area contributed by atoms with E-state index in [0.29, 0.717) is 6.42 Å². The van der Waals surface area contributed by atoms with Gasteiger partial charge in [-0.3, -0.25) is 4.79 Å². The number of likely N-dealkylation sites (N-methyl/N-ethyl adjacent to an activating group) is 1. The molecule has 1 rings (SSSR count). The summed E-state index contributed by atoms with van der Waals surface area (Å²) in [5.74, 6) is 0.0850. The van der Waals surface area contributed by atoms with Gasteiger partial charge in [0.15, 0.2) is 0 Å². The van der Waals surface area contributed by atoms with Crippen molar-refractivity contribution in [3.05, 3.63) is 35.4 Å². The fraction of sp³-hybridized carbons (Fsp3) is 0.364. The monoisotopic (exact) mass is 193 g/mol. The third kappa shape index (κ3) is 2.85. The highest BCUT2D eigenvalue weighted by molar-refractivity contribution is 5.78. The maximum absolute atomic E-state index is 11.3. The van der Waals surface area contributed by atoms with Crippen molar-refractivity contribution in [1.82, 2.24) is 4.90 Å². The largest absolute Gasteiger partial charge is 0.392 e. The highest BCUT2D eigenvalue weighted by atomic mass is 16.3. The van der Waals surface area contributed by atoms with Crippen LogP contribution in [0.2, 0.25) is 0 Å². The Labute approximate surface area is 84.0 Å². The molecule has 3 heteroatoms. The quantitative estimate of drug-likeness (QED) is 0.771. The van der Waals surface area contributed by atoms with Crippen LogP contribution in [0.5, 0.6) is 0 Å². The van der Waals surface area contributed by atoms with Crippen molar-refractivity contribution in [3.8, 4) is 0 Å². The lowest BCUT2D eigenvalue weighted by molar-refractivity contribution is -0.127. The lowest BCUT2D eigenvalue weighted by Crippen LogP contribution is -2.23. The van der Waals surface area contributed by atoms with Crippen molar-refractivity contribution in [1.29, 1.82) is 0 Å². The first-order chi connectivity index (χ1) is 6.63. The highest BCUT2D eigenvalue weighted by Crippen LogP contribution is 2.05. The van der Waals surface area contributed by atoms with Crippen LogP contribution in [0.1, 0.15) is 11.1 Å². The topological polar surface area (TPSA) is 40.5 Å². The Hall–Kier alpha value is -1.35. The lowest BCUT2D eigenvalue weighted by Gasteiger charge is -2.09. The summed E-state index contributed by atoms with van der Waals surface area (Å²) in [6, 6.07) is 7.40. The van der Waals surface area contributed by atoms with Gasteiger partial charge in [-0.1, -0.05) is 24.3 Å². The molecule has 0 bridgehead atoms. The molecule has 0 saturated heterocycles. The maximum atomic E-state index is 11.3. The smallest absolute Gasteiger partial charge is 0.226 e. The van der Waals surface area contributed by atoms with E-state index < -0.39 is 0 Å². The van der Waals surface area contributed by atoms with Crippen LogP contribution in [0.4, 0.5) is 0 Å². The van der Waals surface area contributed by atoms with Gasteiger partial charge in [0.2, 0.25) is 5.91 Å². The minimum Gasteiger partial charge on any atom is -0.392 e. The summed E-state index contributed by atoms with van der Waals surface area (Å²) in [5.41, 5.74) is 1.84. The zero-order valence-corrected chi connectivity index (χ0v) is 8.53. The Bertz CT molecular complexity index is 304. The molecule has 14 heavy (non-hydrogen) atoms. The van der Waals surface area contributed by atoms with Crippen molar-refractivity contribution in [2.75, 3.05) is 14.1 Å². The molecule has 1 aromatic rings. The minimum absolute atomic E-state index is 0.0436. The van der Waals surface area contributed by atoms with E-state index in [1.165, 1.54) is 0 Å². The number of nitrogens with zero attached hydrogens (tertiary/aromatic N) is 1. The molecule has 0 radical (unpaired) electrons. The average molecular weight is 193 g/mol. The third-order valence-corrected chi connectivity index (χ3v) is 2.06. The first-order valence-corrected chi connectivity index (χ1v) is 4.52. The number of carbonyl (C=O) groups is 1. The summed E-state index contributed by atoms with van der Waals surface area (Å²) < 4.78 is 0. The van der Waals surface area contributed by atoms with Crippen molar-refractivity contribution in [2.24, 2.45) is 0 Å². The van der Waals surface area contributed by atoms with Gasteiger partial charge in [0, 0.05) is 14.1 Å². The van der Waals surface area contributed by atoms with Crippen LogP contribution in [-0.2, 0) is 17.8 Å². The molecule has 0 aromatic heterocycles. The maximum Gasteiger partial charge on any atom is 0.226 e. The van der Waals surface area contributed by atoms with Gasteiger partial charge in [-0.25, -0.2) is 0 Å². The predicted octanol–water partition coefficient (Wildman–Crippen LogP) is 0.810. The SMILES string of the molecule is CN(C)C(=O)Cc1ccc(CO)cc1. The Morgan fingerprint density at radius 1 is 1.21 bits per heavy atom. The number of hydrogen-bond acceptors (Lipinski definition) is 2. The second-order valence-electron chi connectivity index (χ2n) is 3.44. The van der Waals surface area contributed by atoms with Gasteiger partial charge in [-0.2, -0.15) is 0 Å². The number of benzene rings is 1. The number of rotatable bonds is 3. The number of hydrogen-bond donors (Lipinski definition) is 1. The first-order valence-electron chi connectivity index (χ1n) is 4.52. The first kappa shape index (κ1) is 10.7. The second kappa shape index (κ2) is 4.77. The lowest BCUT2D eigenvalue weighted by atomic mass is 10.1. The molecule has 0 aliphatic heterocycles. The molecule has 1 N–H and O–H groups in total. The summed E-state index contributed by atoms with van der Waals surface area (Å²) in [4.78, 5) is 12.9. The van der Waals surface area contributed by atoms with E-state index in [0.717, 1.165) is 11.1 Å². The molecule has 0 saturated carbocycles. The molecular weight excluding hydrogens is 178 g/mol. The van der Waals surface area contributed by atoms with E-state index in [1.54, 1.807) is 19.0 Å². The number of amides is 1. The van der Waals surface area contributed by atoms with E-state index in [9.17, 15) is 4.79 Å². The van der Waals surface area contributed by atoms with Crippen molar-refractivity contribution in [3.63, 3.8) is 0 Å². The van der Waals surface area contributed by atoms with Crippen LogP contribution in [0.15, 0.2) is 24.3 Å². The molecule has 76 valence electrons. The van der Waals surface area contributed by atoms with Crippen LogP contribution in [0, 0.1) is 0 Å². The van der Waals surface area contributed by atoms with Gasteiger partial charge in [0.1, 0.15) is 0 Å². The number of aliphatic hydroxyl groups excluding tert-OH is 1. The normalized spacial score (nSPS) is 9.93. The molecule has 0 fully saturated rings. The van der Waals surface area contributed by atoms with E-state index >= 15 is 0 Å². The zero-order chi connectivity index (χ0) is 10.6. The fourth-order valence-corrected chi connectivity index (χ4v) is 1.10. The second-order valence-corrected chi connectivity index (χ2v) is 3.44. The number of aliphatic hydroxyl groups is 1. The highest BCUT2D eigenvalue weighted by Gasteiger charge is 2.04. The third-order valence-electron chi connectivity index (χ3n) is 2.06. The van der Waals surface area contributed by atoms with Gasteiger partial charge in [0.25, 0.3) is 0 Å². The standard InChI is InChI=1S/C11H15NO2/c1-12(2)11(14)7-9-3-5-10(8-13)6-4-9/h3-6,13H,7-8H2,1-2H3. The van der Waals surface area contributed by atoms with Gasteiger partial charge in [-0.05, 0) is 11.1 Å². The van der Waals surface area contributed by atoms with Crippen LogP contribution in [0.25, 0.3) is 0 Å². The molecule has 1 aromatic carbocycles. The van der Waals surface area contributed by atoms with Gasteiger partial charge in [-0.15, -0.1) is 0 Å². The minimum atomic E-state index is 0.0436. The molecular formula is C11H15NO2. The molecule has 1 amide bonds. The molecule has 3 nitrogen and oxygen atoms in total. The summed E-state index contributed by atoms with van der Waals surface area (Å²) in [6.07, 6.45) is 0.415. The van der Waals surface area contributed by atoms with E-state index in [2.05, 4.69) is 0 Å². The van der Waals surface area contributed by atoms with Crippen molar-refractivity contribution >= 4 is 5.91 Å². The molecule has 0 aliphatic carbocycles. The van der Waals surface area contributed by atoms with E-state index in [1.807, 2.05) is 24.3 Å². The molecule has 0 heterocycles. The van der Waals surface area contributed by atoms with Crippen molar-refractivity contribution in [2.45, 2.75) is 13.0 Å². The summed E-state index contributed by atoms with van der Waals surface area (Å²) in [7, 11) is 3.48. The summed E-state index contributed by atoms with van der Waals surface area (Å²) >= 11 is 0. The van der Waals surface area contributed by atoms with E-state index in [-0.39, 0.29) is 12.5 Å². The van der Waals surface area contributed by atoms with Crippen LogP contribution in [-0.4, -0.2) is 30.0 Å². The predicted molar refractivity (Wildman–Crippen MR) is 54.8 cm³/mol. The van der Waals surface area contributed by atoms with Crippen LogP contribution < -0.4 is 0 Å². The van der Waals surface area contributed by atoms with Gasteiger partial charge < -0.3 is 10.0 Å². The zero-order valence-electron chi connectivity index (χ0n) is 8.53. The van der Waals surface area contributed by atoms with E-state index in [4.69, 9.17) is 5.11 Å². The molecule has 0 spiro atoms. The number of carbonyl (C=O) groups excluding carboxylic acids is 1. The summed E-state index contributed by atoms with van der Waals surface area (Å²) in [6.45, 7) is 0.0436. The van der Waals surface area contributed by atoms with Crippen LogP contribution >= 0.6 is 0 Å². The Morgan fingerprint density at radius 2 is 1.71 bits per heavy atom. The fourth-order valence-electron chi connectivity index (χ4n) is 1.10. The summed E-state index contributed by atoms with van der Waals surface area (Å²) in [5, 5.41) is 8.82. The Morgan fingerprint density at radius 3 is 2.14 bits per heavy atom. The Kier molecular flexibility index (Phi) is 3.65. The molecule has 0 aliphatic rings. The van der Waals surface area contributed by atoms with Gasteiger partial charge >= 0.3 is 0 Å².